The van der Waals surface area contributed by atoms with E-state index in [9.17, 15) is 18.0 Å². The van der Waals surface area contributed by atoms with Gasteiger partial charge in [0, 0.05) is 37.7 Å². The minimum absolute atomic E-state index is 0.0843. The van der Waals surface area contributed by atoms with E-state index >= 15 is 0 Å². The fourth-order valence-electron chi connectivity index (χ4n) is 4.67. The van der Waals surface area contributed by atoms with E-state index in [2.05, 4.69) is 17.1 Å². The number of aromatic nitrogens is 4. The quantitative estimate of drug-likeness (QED) is 0.599. The number of hydrogen-bond donors (Lipinski definition) is 0. The molecule has 0 radical (unpaired) electrons. The zero-order valence-electron chi connectivity index (χ0n) is 17.5. The maximum atomic E-state index is 13.8. The Hall–Kier alpha value is -3.10. The molecule has 9 heteroatoms. The SMILES string of the molecule is CC1CC1c1c(C(=O)N2CCc3c(nn(C)c3-c3cc(F)c(F)c(F)c3)C2)cnn1C. The Morgan fingerprint density at radius 3 is 2.45 bits per heavy atom. The van der Waals surface area contributed by atoms with Crippen molar-refractivity contribution >= 4 is 5.91 Å². The van der Waals surface area contributed by atoms with Crippen LogP contribution in [0.15, 0.2) is 18.3 Å². The molecule has 2 unspecified atom stereocenters. The monoisotopic (exact) mass is 429 g/mol. The van der Waals surface area contributed by atoms with Gasteiger partial charge in [-0.1, -0.05) is 6.92 Å². The summed E-state index contributed by atoms with van der Waals surface area (Å²) in [6.45, 7) is 2.91. The van der Waals surface area contributed by atoms with Crippen molar-refractivity contribution in [2.75, 3.05) is 6.54 Å². The molecule has 0 saturated heterocycles. The predicted molar refractivity (Wildman–Crippen MR) is 107 cm³/mol. The van der Waals surface area contributed by atoms with Crippen molar-refractivity contribution < 1.29 is 18.0 Å². The second-order valence-corrected chi connectivity index (χ2v) is 8.51. The lowest BCUT2D eigenvalue weighted by Crippen LogP contribution is -2.36. The van der Waals surface area contributed by atoms with Crippen LogP contribution >= 0.6 is 0 Å². The molecule has 0 N–H and O–H groups in total. The van der Waals surface area contributed by atoms with Crippen molar-refractivity contribution in [3.05, 3.63) is 58.3 Å². The molecular weight excluding hydrogens is 407 g/mol. The highest BCUT2D eigenvalue weighted by molar-refractivity contribution is 5.95. The molecule has 2 aromatic heterocycles. The third-order valence-electron chi connectivity index (χ3n) is 6.42. The highest BCUT2D eigenvalue weighted by Crippen LogP contribution is 2.48. The summed E-state index contributed by atoms with van der Waals surface area (Å²) < 4.78 is 44.3. The third-order valence-corrected chi connectivity index (χ3v) is 6.42. The Morgan fingerprint density at radius 1 is 1.13 bits per heavy atom. The number of benzene rings is 1. The Labute approximate surface area is 177 Å². The Bertz CT molecular complexity index is 1190. The Balaban J connectivity index is 1.45. The summed E-state index contributed by atoms with van der Waals surface area (Å²) in [5.74, 6) is -3.15. The van der Waals surface area contributed by atoms with Gasteiger partial charge in [-0.15, -0.1) is 0 Å². The molecule has 1 saturated carbocycles. The normalized spacial score (nSPS) is 20.1. The molecule has 3 heterocycles. The van der Waals surface area contributed by atoms with E-state index in [4.69, 9.17) is 0 Å². The average Bonchev–Trinajstić information content (AvgIpc) is 3.16. The lowest BCUT2D eigenvalue weighted by atomic mass is 9.99. The largest absolute Gasteiger partial charge is 0.332 e. The summed E-state index contributed by atoms with van der Waals surface area (Å²) in [6.07, 6.45) is 3.17. The molecule has 0 bridgehead atoms. The number of hydrogen-bond acceptors (Lipinski definition) is 3. The number of aryl methyl sites for hydroxylation is 2. The molecule has 162 valence electrons. The van der Waals surface area contributed by atoms with Gasteiger partial charge in [-0.05, 0) is 30.9 Å². The first-order valence-corrected chi connectivity index (χ1v) is 10.3. The molecule has 2 aliphatic rings. The second kappa shape index (κ2) is 6.96. The lowest BCUT2D eigenvalue weighted by molar-refractivity contribution is 0.0731. The van der Waals surface area contributed by atoms with Crippen molar-refractivity contribution in [2.45, 2.75) is 32.2 Å². The van der Waals surface area contributed by atoms with E-state index in [1.165, 1.54) is 4.68 Å². The topological polar surface area (TPSA) is 56.0 Å². The number of carbonyl (C=O) groups excluding carboxylic acids is 1. The Kier molecular flexibility index (Phi) is 4.46. The van der Waals surface area contributed by atoms with Gasteiger partial charge < -0.3 is 4.90 Å². The highest BCUT2D eigenvalue weighted by atomic mass is 19.2. The first-order chi connectivity index (χ1) is 14.8. The van der Waals surface area contributed by atoms with Gasteiger partial charge in [0.25, 0.3) is 5.91 Å². The van der Waals surface area contributed by atoms with Crippen molar-refractivity contribution in [1.29, 1.82) is 0 Å². The molecule has 1 aromatic carbocycles. The van der Waals surface area contributed by atoms with Crippen LogP contribution in [-0.4, -0.2) is 36.9 Å². The first-order valence-electron chi connectivity index (χ1n) is 10.3. The third kappa shape index (κ3) is 3.14. The lowest BCUT2D eigenvalue weighted by Gasteiger charge is -2.26. The van der Waals surface area contributed by atoms with Crippen LogP contribution in [0, 0.1) is 23.4 Å². The Morgan fingerprint density at radius 2 is 1.81 bits per heavy atom. The molecule has 3 aromatic rings. The average molecular weight is 429 g/mol. The van der Waals surface area contributed by atoms with E-state index in [1.807, 2.05) is 7.05 Å². The van der Waals surface area contributed by atoms with Crippen LogP contribution in [0.3, 0.4) is 0 Å². The van der Waals surface area contributed by atoms with Gasteiger partial charge in [-0.3, -0.25) is 14.2 Å². The minimum Gasteiger partial charge on any atom is -0.332 e. The standard InChI is InChI=1S/C22H22F3N5O/c1-11-6-14(11)21-15(9-26-28(21)2)22(31)30-5-4-13-18(10-30)27-29(3)20(13)12-7-16(23)19(25)17(24)8-12/h7-9,11,14H,4-6,10H2,1-3H3. The predicted octanol–water partition coefficient (Wildman–Crippen LogP) is 3.56. The zero-order valence-corrected chi connectivity index (χ0v) is 17.5. The minimum atomic E-state index is -1.49. The van der Waals surface area contributed by atoms with Crippen LogP contribution in [0.4, 0.5) is 13.2 Å². The van der Waals surface area contributed by atoms with E-state index < -0.39 is 17.5 Å². The van der Waals surface area contributed by atoms with Gasteiger partial charge in [0.2, 0.25) is 0 Å². The van der Waals surface area contributed by atoms with Crippen molar-refractivity contribution in [3.63, 3.8) is 0 Å². The molecule has 6 nitrogen and oxygen atoms in total. The number of rotatable bonds is 3. The number of fused-ring (bicyclic) bond motifs is 1. The number of nitrogens with zero attached hydrogens (tertiary/aromatic N) is 5. The molecule has 0 spiro atoms. The van der Waals surface area contributed by atoms with Crippen molar-refractivity contribution in [2.24, 2.45) is 20.0 Å². The van der Waals surface area contributed by atoms with E-state index in [0.717, 1.165) is 29.8 Å². The van der Waals surface area contributed by atoms with Crippen molar-refractivity contribution in [3.8, 4) is 11.3 Å². The van der Waals surface area contributed by atoms with Crippen LogP contribution in [0.25, 0.3) is 11.3 Å². The van der Waals surface area contributed by atoms with E-state index in [1.54, 1.807) is 22.8 Å². The zero-order chi connectivity index (χ0) is 22.0. The maximum absolute atomic E-state index is 13.8. The molecule has 1 aliphatic heterocycles. The highest BCUT2D eigenvalue weighted by Gasteiger charge is 2.40. The summed E-state index contributed by atoms with van der Waals surface area (Å²) in [5, 5.41) is 8.79. The summed E-state index contributed by atoms with van der Waals surface area (Å²) in [4.78, 5) is 15.0. The van der Waals surface area contributed by atoms with Crippen LogP contribution in [0.5, 0.6) is 0 Å². The summed E-state index contributed by atoms with van der Waals surface area (Å²) >= 11 is 0. The number of amides is 1. The molecule has 31 heavy (non-hydrogen) atoms. The van der Waals surface area contributed by atoms with Crippen LogP contribution < -0.4 is 0 Å². The fourth-order valence-corrected chi connectivity index (χ4v) is 4.67. The van der Waals surface area contributed by atoms with Gasteiger partial charge in [0.05, 0.1) is 35.4 Å². The molecule has 1 amide bonds. The number of carbonyl (C=O) groups is 1. The van der Waals surface area contributed by atoms with Crippen molar-refractivity contribution in [1.82, 2.24) is 24.5 Å². The second-order valence-electron chi connectivity index (χ2n) is 8.51. The van der Waals surface area contributed by atoms with Crippen LogP contribution in [-0.2, 0) is 27.1 Å². The first kappa shape index (κ1) is 19.8. The number of halogens is 3. The fraction of sp³-hybridized carbons (Fsp3) is 0.409. The summed E-state index contributed by atoms with van der Waals surface area (Å²) in [5.41, 5.74) is 3.85. The molecular formula is C22H22F3N5O. The summed E-state index contributed by atoms with van der Waals surface area (Å²) in [7, 11) is 3.53. The van der Waals surface area contributed by atoms with Crippen LogP contribution in [0.2, 0.25) is 0 Å². The molecule has 1 fully saturated rings. The molecule has 5 rings (SSSR count). The van der Waals surface area contributed by atoms with Gasteiger partial charge in [-0.25, -0.2) is 13.2 Å². The van der Waals surface area contributed by atoms with E-state index in [0.29, 0.717) is 48.3 Å². The molecule has 2 atom stereocenters. The van der Waals surface area contributed by atoms with Gasteiger partial charge in [-0.2, -0.15) is 10.2 Å². The van der Waals surface area contributed by atoms with Crippen LogP contribution in [0.1, 0.15) is 46.6 Å². The van der Waals surface area contributed by atoms with Gasteiger partial charge >= 0.3 is 0 Å². The van der Waals surface area contributed by atoms with Gasteiger partial charge in [0.15, 0.2) is 17.5 Å². The summed E-state index contributed by atoms with van der Waals surface area (Å²) in [6, 6.07) is 1.96. The molecule has 1 aliphatic carbocycles. The van der Waals surface area contributed by atoms with Gasteiger partial charge in [0.1, 0.15) is 0 Å². The maximum Gasteiger partial charge on any atom is 0.257 e. The van der Waals surface area contributed by atoms with E-state index in [-0.39, 0.29) is 11.5 Å². The smallest absolute Gasteiger partial charge is 0.257 e.